The quantitative estimate of drug-likeness (QED) is 0.821. The predicted octanol–water partition coefficient (Wildman–Crippen LogP) is 2.40. The zero-order valence-electron chi connectivity index (χ0n) is 14.6. The Labute approximate surface area is 152 Å². The van der Waals surface area contributed by atoms with Gasteiger partial charge in [0.25, 0.3) is 0 Å². The second-order valence-corrected chi connectivity index (χ2v) is 9.45. The molecule has 1 aromatic heterocycles. The van der Waals surface area contributed by atoms with Crippen LogP contribution in [0.3, 0.4) is 0 Å². The van der Waals surface area contributed by atoms with Crippen LogP contribution in [0.4, 0.5) is 0 Å². The average Bonchev–Trinajstić information content (AvgIpc) is 2.97. The molecule has 5 nitrogen and oxygen atoms in total. The molecule has 3 rings (SSSR count). The Hall–Kier alpha value is -1.70. The standard InChI is InChI=1S/C18H22N2O3S2/c1-13-8-9-24-17(13)12-19(2)18(21)16-10-14-6-4-5-7-15(14)11-20(16)25(3,22)23/h4-9,16H,10-12H2,1-3H3/t16-/m1/s1. The maximum atomic E-state index is 13.0. The lowest BCUT2D eigenvalue weighted by Gasteiger charge is -2.36. The highest BCUT2D eigenvalue weighted by Crippen LogP contribution is 2.27. The van der Waals surface area contributed by atoms with Gasteiger partial charge in [-0.15, -0.1) is 11.3 Å². The molecule has 2 aromatic rings. The molecule has 0 aliphatic carbocycles. The monoisotopic (exact) mass is 378 g/mol. The van der Waals surface area contributed by atoms with Crippen LogP contribution in [0.25, 0.3) is 0 Å². The van der Waals surface area contributed by atoms with Crippen molar-refractivity contribution in [2.45, 2.75) is 32.5 Å². The molecule has 1 amide bonds. The first-order valence-corrected chi connectivity index (χ1v) is 10.8. The van der Waals surface area contributed by atoms with E-state index in [9.17, 15) is 13.2 Å². The molecule has 0 bridgehead atoms. The number of nitrogens with zero attached hydrogens (tertiary/aromatic N) is 2. The number of rotatable bonds is 4. The van der Waals surface area contributed by atoms with Crippen molar-refractivity contribution >= 4 is 27.3 Å². The van der Waals surface area contributed by atoms with Crippen LogP contribution in [0.5, 0.6) is 0 Å². The predicted molar refractivity (Wildman–Crippen MR) is 99.9 cm³/mol. The summed E-state index contributed by atoms with van der Waals surface area (Å²) < 4.78 is 25.9. The van der Waals surface area contributed by atoms with E-state index >= 15 is 0 Å². The van der Waals surface area contributed by atoms with Crippen LogP contribution in [0.15, 0.2) is 35.7 Å². The second kappa shape index (κ2) is 6.90. The molecule has 25 heavy (non-hydrogen) atoms. The van der Waals surface area contributed by atoms with Crippen LogP contribution in [0.1, 0.15) is 21.6 Å². The Morgan fingerprint density at radius 2 is 1.96 bits per heavy atom. The summed E-state index contributed by atoms with van der Waals surface area (Å²) >= 11 is 1.61. The molecule has 1 aliphatic heterocycles. The number of carbonyl (C=O) groups excluding carboxylic acids is 1. The Kier molecular flexibility index (Phi) is 4.99. The Balaban J connectivity index is 1.87. The maximum absolute atomic E-state index is 13.0. The van der Waals surface area contributed by atoms with E-state index in [1.54, 1.807) is 23.3 Å². The number of benzene rings is 1. The highest BCUT2D eigenvalue weighted by atomic mass is 32.2. The van der Waals surface area contributed by atoms with Crippen molar-refractivity contribution in [1.82, 2.24) is 9.21 Å². The van der Waals surface area contributed by atoms with Crippen molar-refractivity contribution in [3.63, 3.8) is 0 Å². The van der Waals surface area contributed by atoms with Crippen molar-refractivity contribution in [2.75, 3.05) is 13.3 Å². The molecule has 0 saturated heterocycles. The van der Waals surface area contributed by atoms with Gasteiger partial charge in [-0.1, -0.05) is 24.3 Å². The van der Waals surface area contributed by atoms with E-state index in [2.05, 4.69) is 0 Å². The molecule has 0 fully saturated rings. The lowest BCUT2D eigenvalue weighted by molar-refractivity contribution is -0.134. The number of thiophene rings is 1. The van der Waals surface area contributed by atoms with Gasteiger partial charge in [-0.2, -0.15) is 4.31 Å². The van der Waals surface area contributed by atoms with Gasteiger partial charge in [0.15, 0.2) is 0 Å². The number of fused-ring (bicyclic) bond motifs is 1. The molecule has 1 atom stereocenters. The average molecular weight is 379 g/mol. The van der Waals surface area contributed by atoms with Crippen molar-refractivity contribution in [2.24, 2.45) is 0 Å². The van der Waals surface area contributed by atoms with Crippen molar-refractivity contribution in [3.05, 3.63) is 57.3 Å². The lowest BCUT2D eigenvalue weighted by atomic mass is 9.95. The van der Waals surface area contributed by atoms with E-state index in [0.717, 1.165) is 21.6 Å². The number of carbonyl (C=O) groups is 1. The number of aryl methyl sites for hydroxylation is 1. The number of amides is 1. The first kappa shape index (κ1) is 18.1. The van der Waals surface area contributed by atoms with E-state index in [0.29, 0.717) is 13.0 Å². The molecule has 1 aromatic carbocycles. The third-order valence-corrected chi connectivity index (χ3v) is 6.88. The fourth-order valence-electron chi connectivity index (χ4n) is 3.17. The fourth-order valence-corrected chi connectivity index (χ4v) is 5.13. The van der Waals surface area contributed by atoms with Crippen LogP contribution in [0.2, 0.25) is 0 Å². The summed E-state index contributed by atoms with van der Waals surface area (Å²) in [6.45, 7) is 2.76. The Morgan fingerprint density at radius 1 is 1.28 bits per heavy atom. The van der Waals surface area contributed by atoms with Gasteiger partial charge < -0.3 is 4.90 Å². The summed E-state index contributed by atoms with van der Waals surface area (Å²) in [7, 11) is -1.74. The second-order valence-electron chi connectivity index (χ2n) is 6.52. The van der Waals surface area contributed by atoms with Gasteiger partial charge in [-0.3, -0.25) is 4.79 Å². The van der Waals surface area contributed by atoms with Gasteiger partial charge >= 0.3 is 0 Å². The van der Waals surface area contributed by atoms with E-state index in [1.807, 2.05) is 42.6 Å². The van der Waals surface area contributed by atoms with E-state index < -0.39 is 16.1 Å². The van der Waals surface area contributed by atoms with Gasteiger partial charge in [0, 0.05) is 18.5 Å². The van der Waals surface area contributed by atoms with Crippen LogP contribution in [0, 0.1) is 6.92 Å². The van der Waals surface area contributed by atoms with Crippen LogP contribution < -0.4 is 0 Å². The van der Waals surface area contributed by atoms with Gasteiger partial charge in [0.2, 0.25) is 15.9 Å². The van der Waals surface area contributed by atoms with Gasteiger partial charge in [0.1, 0.15) is 6.04 Å². The van der Waals surface area contributed by atoms with E-state index in [-0.39, 0.29) is 12.5 Å². The van der Waals surface area contributed by atoms with Gasteiger partial charge in [-0.05, 0) is 41.5 Å². The van der Waals surface area contributed by atoms with Crippen molar-refractivity contribution in [3.8, 4) is 0 Å². The summed E-state index contributed by atoms with van der Waals surface area (Å²) in [5.41, 5.74) is 3.16. The Bertz CT molecular complexity index is 889. The summed E-state index contributed by atoms with van der Waals surface area (Å²) in [4.78, 5) is 15.8. The number of sulfonamides is 1. The molecule has 0 N–H and O–H groups in total. The zero-order chi connectivity index (χ0) is 18.2. The SMILES string of the molecule is Cc1ccsc1CN(C)C(=O)[C@H]1Cc2ccccc2CN1S(C)(=O)=O. The number of hydrogen-bond donors (Lipinski definition) is 0. The fraction of sp³-hybridized carbons (Fsp3) is 0.389. The molecule has 7 heteroatoms. The molecule has 1 aliphatic rings. The zero-order valence-corrected chi connectivity index (χ0v) is 16.2. The van der Waals surface area contributed by atoms with Crippen molar-refractivity contribution < 1.29 is 13.2 Å². The molecule has 134 valence electrons. The third kappa shape index (κ3) is 3.78. The minimum atomic E-state index is -3.48. The van der Waals surface area contributed by atoms with Gasteiger partial charge in [-0.25, -0.2) is 8.42 Å². The van der Waals surface area contributed by atoms with E-state index in [1.165, 1.54) is 10.6 Å². The molecule has 0 saturated carbocycles. The topological polar surface area (TPSA) is 57.7 Å². The molecule has 2 heterocycles. The number of hydrogen-bond acceptors (Lipinski definition) is 4. The normalized spacial score (nSPS) is 18.0. The first-order valence-electron chi connectivity index (χ1n) is 8.09. The summed E-state index contributed by atoms with van der Waals surface area (Å²) in [6, 6.07) is 9.06. The molecule has 0 radical (unpaired) electrons. The summed E-state index contributed by atoms with van der Waals surface area (Å²) in [6.07, 6.45) is 1.58. The maximum Gasteiger partial charge on any atom is 0.241 e. The summed E-state index contributed by atoms with van der Waals surface area (Å²) in [5, 5.41) is 2.00. The molecular formula is C18H22N2O3S2. The van der Waals surface area contributed by atoms with Crippen LogP contribution >= 0.6 is 11.3 Å². The van der Waals surface area contributed by atoms with Gasteiger partial charge in [0.05, 0.1) is 12.8 Å². The largest absolute Gasteiger partial charge is 0.339 e. The molecule has 0 spiro atoms. The van der Waals surface area contributed by atoms with Crippen LogP contribution in [-0.2, 0) is 34.3 Å². The lowest BCUT2D eigenvalue weighted by Crippen LogP contribution is -2.52. The third-order valence-electron chi connectivity index (χ3n) is 4.64. The minimum absolute atomic E-state index is 0.160. The smallest absolute Gasteiger partial charge is 0.241 e. The highest BCUT2D eigenvalue weighted by molar-refractivity contribution is 7.88. The first-order chi connectivity index (χ1) is 11.8. The van der Waals surface area contributed by atoms with Crippen molar-refractivity contribution in [1.29, 1.82) is 0 Å². The Morgan fingerprint density at radius 3 is 2.56 bits per heavy atom. The molecule has 0 unspecified atom stereocenters. The minimum Gasteiger partial charge on any atom is -0.339 e. The molecular weight excluding hydrogens is 356 g/mol. The number of likely N-dealkylation sites (N-methyl/N-ethyl adjacent to an activating group) is 1. The highest BCUT2D eigenvalue weighted by Gasteiger charge is 2.38. The van der Waals surface area contributed by atoms with Crippen LogP contribution in [-0.4, -0.2) is 42.9 Å². The van der Waals surface area contributed by atoms with E-state index in [4.69, 9.17) is 0 Å². The summed E-state index contributed by atoms with van der Waals surface area (Å²) in [5.74, 6) is -0.160.